The molecule has 35 heavy (non-hydrogen) atoms. The normalized spacial score (nSPS) is 15.1. The molecule has 0 amide bonds. The van der Waals surface area contributed by atoms with Crippen LogP contribution in [0.15, 0.2) is 72.1 Å². The Morgan fingerprint density at radius 1 is 1.09 bits per heavy atom. The molecule has 8 nitrogen and oxygen atoms in total. The Hall–Kier alpha value is -3.47. The van der Waals surface area contributed by atoms with Gasteiger partial charge in [-0.3, -0.25) is 4.98 Å². The zero-order chi connectivity index (χ0) is 24.0. The van der Waals surface area contributed by atoms with E-state index in [-0.39, 0.29) is 6.04 Å². The summed E-state index contributed by atoms with van der Waals surface area (Å²) >= 11 is 7.42. The minimum absolute atomic E-state index is 0.169. The molecule has 4 aromatic rings. The number of nitrogens with one attached hydrogen (secondary N) is 3. The molecule has 1 fully saturated rings. The van der Waals surface area contributed by atoms with Gasteiger partial charge in [0.15, 0.2) is 5.82 Å². The molecular weight excluding hydrogens is 489 g/mol. The molecule has 178 valence electrons. The molecule has 1 atom stereocenters. The van der Waals surface area contributed by atoms with Gasteiger partial charge in [-0.25, -0.2) is 14.4 Å². The Morgan fingerprint density at radius 2 is 2.00 bits per heavy atom. The number of nitrogens with zero attached hydrogens (tertiary/aromatic N) is 4. The Morgan fingerprint density at radius 3 is 2.83 bits per heavy atom. The first kappa shape index (κ1) is 23.3. The van der Waals surface area contributed by atoms with Gasteiger partial charge in [-0.2, -0.15) is 4.98 Å². The molecule has 2 aromatic carbocycles. The molecule has 0 radical (unpaired) electrons. The van der Waals surface area contributed by atoms with Crippen LogP contribution in [0.3, 0.4) is 0 Å². The van der Waals surface area contributed by atoms with Crippen LogP contribution in [0.4, 0.5) is 27.4 Å². The van der Waals surface area contributed by atoms with Crippen LogP contribution < -0.4 is 15.4 Å². The molecule has 2 aromatic heterocycles. The van der Waals surface area contributed by atoms with Crippen molar-refractivity contribution >= 4 is 46.6 Å². The minimum Gasteiger partial charge on any atom is -0.379 e. The van der Waals surface area contributed by atoms with E-state index in [1.165, 1.54) is 24.3 Å². The maximum atomic E-state index is 14.8. The molecular formula is C24H21ClFN7OS. The first-order valence-electron chi connectivity index (χ1n) is 10.9. The van der Waals surface area contributed by atoms with Gasteiger partial charge in [0.05, 0.1) is 34.6 Å². The second-order valence-corrected chi connectivity index (χ2v) is 8.97. The van der Waals surface area contributed by atoms with Crippen LogP contribution in [-0.4, -0.2) is 39.2 Å². The average Bonchev–Trinajstić information content (AvgIpc) is 3.38. The molecule has 0 spiro atoms. The van der Waals surface area contributed by atoms with E-state index in [9.17, 15) is 4.39 Å². The summed E-state index contributed by atoms with van der Waals surface area (Å²) in [7, 11) is 0. The topological polar surface area (TPSA) is 96.9 Å². The van der Waals surface area contributed by atoms with E-state index in [2.05, 4.69) is 35.3 Å². The lowest BCUT2D eigenvalue weighted by molar-refractivity contribution is 0.195. The van der Waals surface area contributed by atoms with Crippen LogP contribution in [0, 0.1) is 5.82 Å². The van der Waals surface area contributed by atoms with Crippen molar-refractivity contribution in [1.29, 1.82) is 0 Å². The highest BCUT2D eigenvalue weighted by molar-refractivity contribution is 8.00. The molecule has 3 N–H and O–H groups in total. The monoisotopic (exact) mass is 509 g/mol. The number of hydrogen-bond donors (Lipinski definition) is 3. The largest absolute Gasteiger partial charge is 0.379 e. The van der Waals surface area contributed by atoms with Gasteiger partial charge in [0.25, 0.3) is 0 Å². The summed E-state index contributed by atoms with van der Waals surface area (Å²) < 4.78 is 23.2. The van der Waals surface area contributed by atoms with Gasteiger partial charge in [0.2, 0.25) is 5.95 Å². The zero-order valence-corrected chi connectivity index (χ0v) is 20.0. The number of ether oxygens (including phenoxy) is 1. The van der Waals surface area contributed by atoms with Crippen molar-refractivity contribution in [2.45, 2.75) is 17.4 Å². The summed E-state index contributed by atoms with van der Waals surface area (Å²) in [5, 5.41) is 7.10. The maximum absolute atomic E-state index is 14.8. The summed E-state index contributed by atoms with van der Waals surface area (Å²) in [5.74, 6) is 0.514. The zero-order valence-electron chi connectivity index (χ0n) is 18.4. The lowest BCUT2D eigenvalue weighted by atomic mass is 10.2. The van der Waals surface area contributed by atoms with E-state index < -0.39 is 5.82 Å². The Balaban J connectivity index is 1.31. The number of aromatic nitrogens is 4. The highest BCUT2D eigenvalue weighted by atomic mass is 35.5. The highest BCUT2D eigenvalue weighted by Crippen LogP contribution is 2.32. The van der Waals surface area contributed by atoms with Crippen molar-refractivity contribution in [3.8, 4) is 11.4 Å². The third kappa shape index (κ3) is 5.79. The van der Waals surface area contributed by atoms with E-state index >= 15 is 0 Å². The van der Waals surface area contributed by atoms with Gasteiger partial charge < -0.3 is 20.1 Å². The first-order chi connectivity index (χ1) is 17.2. The number of benzene rings is 2. The second kappa shape index (κ2) is 10.9. The Labute approximate surface area is 210 Å². The van der Waals surface area contributed by atoms with Crippen LogP contribution in [0.2, 0.25) is 5.02 Å². The lowest BCUT2D eigenvalue weighted by Crippen LogP contribution is -2.20. The summed E-state index contributed by atoms with van der Waals surface area (Å²) in [5.41, 5.74) is 2.27. The van der Waals surface area contributed by atoms with Crippen LogP contribution in [0.1, 0.15) is 6.42 Å². The predicted molar refractivity (Wildman–Crippen MR) is 137 cm³/mol. The summed E-state index contributed by atoms with van der Waals surface area (Å²) in [6.45, 7) is 1.34. The Kier molecular flexibility index (Phi) is 7.22. The van der Waals surface area contributed by atoms with E-state index in [1.807, 2.05) is 18.2 Å². The second-order valence-electron chi connectivity index (χ2n) is 7.71. The Bertz CT molecular complexity index is 1320. The van der Waals surface area contributed by atoms with Gasteiger partial charge in [-0.05, 0) is 54.8 Å². The van der Waals surface area contributed by atoms with E-state index in [1.54, 1.807) is 36.7 Å². The lowest BCUT2D eigenvalue weighted by Gasteiger charge is -2.14. The smallest absolute Gasteiger partial charge is 0.226 e. The molecule has 0 aliphatic carbocycles. The SMILES string of the molecule is Fc1cc(Nc2ccncc2-c2ncnc(NC3CCOC3)n2)ccc1NSc1ccccc1Cl. The third-order valence-corrected chi connectivity index (χ3v) is 6.59. The quantitative estimate of drug-likeness (QED) is 0.255. The fraction of sp³-hybridized carbons (Fsp3) is 0.167. The standard InChI is InChI=1S/C24H21ClFN7OS/c25-18-3-1-2-4-22(18)35-33-21-6-5-15(11-19(21)26)30-20-7-9-27-12-17(20)23-28-14-29-24(32-23)31-16-8-10-34-13-16/h1-7,9,11-12,14,16,33H,8,10,13H2,(H,27,30)(H,28,29,31,32). The van der Waals surface area contributed by atoms with Crippen molar-refractivity contribution < 1.29 is 9.13 Å². The molecule has 1 unspecified atom stereocenters. The fourth-order valence-electron chi connectivity index (χ4n) is 3.48. The van der Waals surface area contributed by atoms with Crippen LogP contribution >= 0.6 is 23.5 Å². The van der Waals surface area contributed by atoms with Gasteiger partial charge in [0.1, 0.15) is 12.1 Å². The van der Waals surface area contributed by atoms with Crippen molar-refractivity contribution in [1.82, 2.24) is 19.9 Å². The van der Waals surface area contributed by atoms with Gasteiger partial charge in [0, 0.05) is 29.6 Å². The molecule has 0 bridgehead atoms. The maximum Gasteiger partial charge on any atom is 0.226 e. The van der Waals surface area contributed by atoms with Gasteiger partial charge in [-0.1, -0.05) is 23.7 Å². The third-order valence-electron chi connectivity index (χ3n) is 5.25. The van der Waals surface area contributed by atoms with Crippen LogP contribution in [-0.2, 0) is 4.74 Å². The van der Waals surface area contributed by atoms with Crippen molar-refractivity contribution in [3.05, 3.63) is 78.1 Å². The molecule has 1 aliphatic rings. The molecule has 0 saturated carbocycles. The van der Waals surface area contributed by atoms with Crippen molar-refractivity contribution in [2.24, 2.45) is 0 Å². The number of anilines is 4. The number of pyridine rings is 1. The van der Waals surface area contributed by atoms with Crippen LogP contribution in [0.5, 0.6) is 0 Å². The van der Waals surface area contributed by atoms with Gasteiger partial charge in [-0.15, -0.1) is 0 Å². The molecule has 1 saturated heterocycles. The van der Waals surface area contributed by atoms with Gasteiger partial charge >= 0.3 is 0 Å². The van der Waals surface area contributed by atoms with Crippen molar-refractivity contribution in [2.75, 3.05) is 28.6 Å². The van der Waals surface area contributed by atoms with E-state index in [0.29, 0.717) is 46.0 Å². The molecule has 1 aliphatic heterocycles. The predicted octanol–water partition coefficient (Wildman–Crippen LogP) is 5.79. The fourth-order valence-corrected chi connectivity index (χ4v) is 4.43. The summed E-state index contributed by atoms with van der Waals surface area (Å²) in [6, 6.07) is 14.2. The number of halogens is 2. The summed E-state index contributed by atoms with van der Waals surface area (Å²) in [6.07, 6.45) is 5.66. The number of rotatable bonds is 8. The van der Waals surface area contributed by atoms with Crippen LogP contribution in [0.25, 0.3) is 11.4 Å². The summed E-state index contributed by atoms with van der Waals surface area (Å²) in [4.78, 5) is 18.1. The average molecular weight is 510 g/mol. The minimum atomic E-state index is -0.407. The molecule has 11 heteroatoms. The number of hydrogen-bond acceptors (Lipinski definition) is 9. The van der Waals surface area contributed by atoms with Crippen molar-refractivity contribution in [3.63, 3.8) is 0 Å². The van der Waals surface area contributed by atoms with E-state index in [4.69, 9.17) is 16.3 Å². The highest BCUT2D eigenvalue weighted by Gasteiger charge is 2.17. The molecule has 3 heterocycles. The molecule has 5 rings (SSSR count). The van der Waals surface area contributed by atoms with E-state index in [0.717, 1.165) is 17.9 Å². The first-order valence-corrected chi connectivity index (χ1v) is 12.1.